The molecule has 0 unspecified atom stereocenters. The lowest BCUT2D eigenvalue weighted by Crippen LogP contribution is -2.12. The first-order valence-electron chi connectivity index (χ1n) is 6.59. The van der Waals surface area contributed by atoms with Crippen LogP contribution in [-0.4, -0.2) is 10.9 Å². The first-order chi connectivity index (χ1) is 10.2. The van der Waals surface area contributed by atoms with Crippen LogP contribution in [0.15, 0.2) is 53.3 Å². The second-order valence-electron chi connectivity index (χ2n) is 4.67. The predicted molar refractivity (Wildman–Crippen MR) is 77.4 cm³/mol. The van der Waals surface area contributed by atoms with Gasteiger partial charge in [0.15, 0.2) is 12.0 Å². The van der Waals surface area contributed by atoms with Crippen molar-refractivity contribution in [1.29, 1.82) is 0 Å². The van der Waals surface area contributed by atoms with Crippen molar-refractivity contribution in [3.63, 3.8) is 0 Å². The van der Waals surface area contributed by atoms with Crippen molar-refractivity contribution in [2.45, 2.75) is 12.8 Å². The van der Waals surface area contributed by atoms with Crippen molar-refractivity contribution >= 4 is 22.7 Å². The number of amides is 1. The third-order valence-corrected chi connectivity index (χ3v) is 3.19. The molecule has 0 bridgehead atoms. The Balaban J connectivity index is 1.62. The quantitative estimate of drug-likeness (QED) is 0.797. The van der Waals surface area contributed by atoms with Gasteiger partial charge in [-0.1, -0.05) is 18.2 Å². The fraction of sp³-hybridized carbons (Fsp3) is 0.125. The molecule has 0 saturated heterocycles. The molecule has 3 rings (SSSR count). The van der Waals surface area contributed by atoms with E-state index in [2.05, 4.69) is 10.3 Å². The Morgan fingerprint density at radius 2 is 2.10 bits per heavy atom. The predicted octanol–water partition coefficient (Wildman–Crippen LogP) is 3.54. The van der Waals surface area contributed by atoms with E-state index in [0.29, 0.717) is 28.8 Å². The molecule has 0 saturated carbocycles. The fourth-order valence-corrected chi connectivity index (χ4v) is 2.11. The van der Waals surface area contributed by atoms with E-state index in [1.807, 2.05) is 0 Å². The zero-order chi connectivity index (χ0) is 14.7. The van der Waals surface area contributed by atoms with Gasteiger partial charge in [0.2, 0.25) is 5.91 Å². The number of anilines is 1. The molecule has 2 aromatic carbocycles. The normalized spacial score (nSPS) is 10.7. The van der Waals surface area contributed by atoms with Gasteiger partial charge in [-0.15, -0.1) is 0 Å². The maximum absolute atomic E-state index is 13.5. The lowest BCUT2D eigenvalue weighted by Gasteiger charge is -2.05. The molecule has 106 valence electrons. The largest absolute Gasteiger partial charge is 0.443 e. The summed E-state index contributed by atoms with van der Waals surface area (Å²) in [6.07, 6.45) is 1.94. The smallest absolute Gasteiger partial charge is 0.224 e. The highest BCUT2D eigenvalue weighted by Crippen LogP contribution is 2.18. The number of carbonyl (C=O) groups is 1. The van der Waals surface area contributed by atoms with E-state index in [1.54, 1.807) is 36.4 Å². The number of aromatic nitrogens is 1. The summed E-state index contributed by atoms with van der Waals surface area (Å²) in [5, 5.41) is 2.77. The van der Waals surface area contributed by atoms with Crippen LogP contribution < -0.4 is 5.32 Å². The van der Waals surface area contributed by atoms with Crippen molar-refractivity contribution in [3.8, 4) is 0 Å². The Kier molecular flexibility index (Phi) is 3.64. The molecule has 0 radical (unpaired) electrons. The molecule has 0 aliphatic rings. The van der Waals surface area contributed by atoms with E-state index in [0.717, 1.165) is 0 Å². The molecule has 0 spiro atoms. The van der Waals surface area contributed by atoms with Crippen molar-refractivity contribution in [2.24, 2.45) is 0 Å². The Morgan fingerprint density at radius 1 is 1.24 bits per heavy atom. The number of halogens is 1. The molecular formula is C16H13FN2O2. The molecular weight excluding hydrogens is 271 g/mol. The number of carbonyl (C=O) groups excluding carboxylic acids is 1. The summed E-state index contributed by atoms with van der Waals surface area (Å²) >= 11 is 0. The van der Waals surface area contributed by atoms with Gasteiger partial charge < -0.3 is 9.73 Å². The average molecular weight is 284 g/mol. The number of benzene rings is 2. The number of hydrogen-bond donors (Lipinski definition) is 1. The van der Waals surface area contributed by atoms with Crippen LogP contribution in [0.5, 0.6) is 0 Å². The van der Waals surface area contributed by atoms with Crippen LogP contribution in [-0.2, 0) is 11.2 Å². The van der Waals surface area contributed by atoms with Gasteiger partial charge in [-0.2, -0.15) is 0 Å². The van der Waals surface area contributed by atoms with E-state index in [4.69, 9.17) is 4.42 Å². The molecule has 0 aliphatic carbocycles. The number of aryl methyl sites for hydroxylation is 1. The number of nitrogens with zero attached hydrogens (tertiary/aromatic N) is 1. The molecule has 1 amide bonds. The van der Waals surface area contributed by atoms with Crippen LogP contribution in [0.2, 0.25) is 0 Å². The first-order valence-corrected chi connectivity index (χ1v) is 6.59. The lowest BCUT2D eigenvalue weighted by atomic mass is 10.1. The fourth-order valence-electron chi connectivity index (χ4n) is 2.11. The van der Waals surface area contributed by atoms with Crippen molar-refractivity contribution in [1.82, 2.24) is 4.98 Å². The molecule has 4 nitrogen and oxygen atoms in total. The standard InChI is InChI=1S/C16H13FN2O2/c17-13-4-2-1-3-11(13)5-8-16(20)19-12-6-7-15-14(9-12)18-10-21-15/h1-4,6-7,9-10H,5,8H2,(H,19,20). The van der Waals surface area contributed by atoms with Crippen molar-refractivity contribution in [3.05, 3.63) is 60.2 Å². The van der Waals surface area contributed by atoms with Gasteiger partial charge >= 0.3 is 0 Å². The number of hydrogen-bond acceptors (Lipinski definition) is 3. The molecule has 3 aromatic rings. The molecule has 21 heavy (non-hydrogen) atoms. The highest BCUT2D eigenvalue weighted by atomic mass is 19.1. The maximum atomic E-state index is 13.5. The zero-order valence-corrected chi connectivity index (χ0v) is 11.2. The van der Waals surface area contributed by atoms with Gasteiger partial charge in [0.05, 0.1) is 0 Å². The summed E-state index contributed by atoms with van der Waals surface area (Å²) in [4.78, 5) is 15.9. The lowest BCUT2D eigenvalue weighted by molar-refractivity contribution is -0.116. The minimum Gasteiger partial charge on any atom is -0.443 e. The van der Waals surface area contributed by atoms with E-state index in [1.165, 1.54) is 12.5 Å². The van der Waals surface area contributed by atoms with Crippen LogP contribution in [0.4, 0.5) is 10.1 Å². The third kappa shape index (κ3) is 3.08. The molecule has 0 fully saturated rings. The SMILES string of the molecule is O=C(CCc1ccccc1F)Nc1ccc2ocnc2c1. The summed E-state index contributed by atoms with van der Waals surface area (Å²) in [5.74, 6) is -0.449. The summed E-state index contributed by atoms with van der Waals surface area (Å²) in [6.45, 7) is 0. The topological polar surface area (TPSA) is 55.1 Å². The highest BCUT2D eigenvalue weighted by Gasteiger charge is 2.07. The average Bonchev–Trinajstić information content (AvgIpc) is 2.94. The van der Waals surface area contributed by atoms with Crippen LogP contribution in [0.25, 0.3) is 11.1 Å². The van der Waals surface area contributed by atoms with Crippen molar-refractivity contribution in [2.75, 3.05) is 5.32 Å². The van der Waals surface area contributed by atoms with Crippen LogP contribution in [0.1, 0.15) is 12.0 Å². The Morgan fingerprint density at radius 3 is 2.95 bits per heavy atom. The number of fused-ring (bicyclic) bond motifs is 1. The first kappa shape index (κ1) is 13.3. The second-order valence-corrected chi connectivity index (χ2v) is 4.67. The summed E-state index contributed by atoms with van der Waals surface area (Å²) in [5.41, 5.74) is 2.54. The summed E-state index contributed by atoms with van der Waals surface area (Å²) in [7, 11) is 0. The van der Waals surface area contributed by atoms with Gasteiger partial charge in [0.25, 0.3) is 0 Å². The summed E-state index contributed by atoms with van der Waals surface area (Å²) in [6, 6.07) is 11.7. The number of rotatable bonds is 4. The minimum atomic E-state index is -0.283. The van der Waals surface area contributed by atoms with E-state index >= 15 is 0 Å². The van der Waals surface area contributed by atoms with Crippen LogP contribution in [0, 0.1) is 5.82 Å². The Hall–Kier alpha value is -2.69. The number of nitrogens with one attached hydrogen (secondary N) is 1. The second kappa shape index (κ2) is 5.75. The van der Waals surface area contributed by atoms with Crippen LogP contribution in [0.3, 0.4) is 0 Å². The monoisotopic (exact) mass is 284 g/mol. The Bertz CT molecular complexity index is 783. The third-order valence-electron chi connectivity index (χ3n) is 3.19. The van der Waals surface area contributed by atoms with Gasteiger partial charge in [-0.05, 0) is 36.2 Å². The molecule has 1 heterocycles. The minimum absolute atomic E-state index is 0.166. The van der Waals surface area contributed by atoms with Gasteiger partial charge in [-0.25, -0.2) is 9.37 Å². The highest BCUT2D eigenvalue weighted by molar-refractivity contribution is 5.92. The molecule has 0 aliphatic heterocycles. The van der Waals surface area contributed by atoms with Crippen molar-refractivity contribution < 1.29 is 13.6 Å². The van der Waals surface area contributed by atoms with E-state index in [9.17, 15) is 9.18 Å². The summed E-state index contributed by atoms with van der Waals surface area (Å²) < 4.78 is 18.6. The van der Waals surface area contributed by atoms with Gasteiger partial charge in [0.1, 0.15) is 11.3 Å². The van der Waals surface area contributed by atoms with E-state index < -0.39 is 0 Å². The maximum Gasteiger partial charge on any atom is 0.224 e. The van der Waals surface area contributed by atoms with Crippen LogP contribution >= 0.6 is 0 Å². The zero-order valence-electron chi connectivity index (χ0n) is 11.2. The number of oxazole rings is 1. The molecule has 0 atom stereocenters. The van der Waals surface area contributed by atoms with Gasteiger partial charge in [0, 0.05) is 12.1 Å². The molecule has 1 N–H and O–H groups in total. The van der Waals surface area contributed by atoms with Gasteiger partial charge in [-0.3, -0.25) is 4.79 Å². The Labute approximate surface area is 120 Å². The van der Waals surface area contributed by atoms with E-state index in [-0.39, 0.29) is 18.1 Å². The molecule has 5 heteroatoms. The molecule has 1 aromatic heterocycles.